The van der Waals surface area contributed by atoms with Gasteiger partial charge in [0.05, 0.1) is 10.6 Å². The van der Waals surface area contributed by atoms with E-state index in [1.54, 1.807) is 32.0 Å². The number of nitrogens with zero attached hydrogens (tertiary/aromatic N) is 2. The summed E-state index contributed by atoms with van der Waals surface area (Å²) >= 11 is 5.97. The molecule has 0 aliphatic heterocycles. The second kappa shape index (κ2) is 12.9. The first kappa shape index (κ1) is 29.1. The van der Waals surface area contributed by atoms with Crippen LogP contribution in [0.3, 0.4) is 0 Å². The van der Waals surface area contributed by atoms with Gasteiger partial charge in [0.1, 0.15) is 18.4 Å². The van der Waals surface area contributed by atoms with E-state index in [9.17, 15) is 22.4 Å². The Bertz CT molecular complexity index is 1370. The van der Waals surface area contributed by atoms with Gasteiger partial charge in [0.2, 0.25) is 11.8 Å². The van der Waals surface area contributed by atoms with Crippen molar-refractivity contribution < 1.29 is 22.4 Å². The predicted octanol–water partition coefficient (Wildman–Crippen LogP) is 4.93. The van der Waals surface area contributed by atoms with Gasteiger partial charge in [-0.3, -0.25) is 13.9 Å². The van der Waals surface area contributed by atoms with Crippen LogP contribution in [0.2, 0.25) is 5.02 Å². The largest absolute Gasteiger partial charge is 0.355 e. The highest BCUT2D eigenvalue weighted by atomic mass is 35.5. The molecule has 0 aliphatic rings. The summed E-state index contributed by atoms with van der Waals surface area (Å²) in [4.78, 5) is 28.1. The third-order valence-electron chi connectivity index (χ3n) is 5.97. The number of likely N-dealkylation sites (N-methyl/N-ethyl adjacent to an activating group) is 1. The number of benzene rings is 3. The third kappa shape index (κ3) is 7.11. The Morgan fingerprint density at radius 3 is 2.24 bits per heavy atom. The van der Waals surface area contributed by atoms with Crippen molar-refractivity contribution in [2.45, 2.75) is 44.7 Å². The topological polar surface area (TPSA) is 86.8 Å². The molecule has 0 bridgehead atoms. The molecule has 0 aliphatic carbocycles. The molecule has 0 saturated heterocycles. The molecule has 0 aromatic heterocycles. The van der Waals surface area contributed by atoms with Crippen LogP contribution in [-0.2, 0) is 26.2 Å². The molecule has 202 valence electrons. The number of amides is 2. The van der Waals surface area contributed by atoms with E-state index in [1.807, 2.05) is 13.0 Å². The van der Waals surface area contributed by atoms with Gasteiger partial charge in [0, 0.05) is 18.1 Å². The van der Waals surface area contributed by atoms with Gasteiger partial charge in [-0.2, -0.15) is 0 Å². The van der Waals surface area contributed by atoms with Gasteiger partial charge in [-0.25, -0.2) is 12.8 Å². The van der Waals surface area contributed by atoms with Crippen LogP contribution in [0, 0.1) is 12.7 Å². The number of sulfonamides is 1. The number of carbonyl (C=O) groups excluding carboxylic acids is 2. The SMILES string of the molecule is CCNC(=O)C(CC)N(Cc1ccc(F)cc1)C(=O)CN(c1cccc(C)c1)S(=O)(=O)c1ccc(Cl)cc1. The van der Waals surface area contributed by atoms with E-state index in [2.05, 4.69) is 5.32 Å². The summed E-state index contributed by atoms with van der Waals surface area (Å²) in [7, 11) is -4.18. The lowest BCUT2D eigenvalue weighted by molar-refractivity contribution is -0.140. The van der Waals surface area contributed by atoms with Crippen LogP contribution in [0.4, 0.5) is 10.1 Å². The predicted molar refractivity (Wildman–Crippen MR) is 147 cm³/mol. The Morgan fingerprint density at radius 1 is 1.00 bits per heavy atom. The van der Waals surface area contributed by atoms with Crippen molar-refractivity contribution >= 4 is 39.1 Å². The van der Waals surface area contributed by atoms with E-state index >= 15 is 0 Å². The summed E-state index contributed by atoms with van der Waals surface area (Å²) in [5.41, 5.74) is 1.72. The van der Waals surface area contributed by atoms with Crippen LogP contribution in [0.25, 0.3) is 0 Å². The summed E-state index contributed by atoms with van der Waals surface area (Å²) < 4.78 is 42.1. The molecule has 3 rings (SSSR count). The molecule has 1 unspecified atom stereocenters. The maximum atomic E-state index is 13.9. The molecule has 10 heteroatoms. The normalized spacial score (nSPS) is 12.0. The van der Waals surface area contributed by atoms with E-state index in [0.29, 0.717) is 29.2 Å². The zero-order chi connectivity index (χ0) is 27.9. The number of nitrogens with one attached hydrogen (secondary N) is 1. The van der Waals surface area contributed by atoms with Crippen LogP contribution in [-0.4, -0.2) is 44.3 Å². The first-order chi connectivity index (χ1) is 18.1. The first-order valence-electron chi connectivity index (χ1n) is 12.2. The zero-order valence-corrected chi connectivity index (χ0v) is 23.1. The van der Waals surface area contributed by atoms with E-state index in [0.717, 1.165) is 9.87 Å². The monoisotopic (exact) mass is 559 g/mol. The maximum absolute atomic E-state index is 13.9. The second-order valence-corrected chi connectivity index (χ2v) is 11.1. The minimum absolute atomic E-state index is 0.00258. The number of anilines is 1. The van der Waals surface area contributed by atoms with Crippen molar-refractivity contribution in [3.63, 3.8) is 0 Å². The third-order valence-corrected chi connectivity index (χ3v) is 8.01. The molecule has 0 fully saturated rings. The Morgan fingerprint density at radius 2 is 1.66 bits per heavy atom. The quantitative estimate of drug-likeness (QED) is 0.361. The molecule has 1 N–H and O–H groups in total. The number of hydrogen-bond acceptors (Lipinski definition) is 4. The number of rotatable bonds is 11. The number of carbonyl (C=O) groups is 2. The number of hydrogen-bond donors (Lipinski definition) is 1. The average molecular weight is 560 g/mol. The molecule has 3 aromatic rings. The highest BCUT2D eigenvalue weighted by Gasteiger charge is 2.33. The first-order valence-corrected chi connectivity index (χ1v) is 14.0. The standard InChI is InChI=1S/C28H31ClFN3O4S/c1-4-26(28(35)31-5-2)32(18-21-9-13-23(30)14-10-21)27(34)19-33(24-8-6-7-20(3)17-24)38(36,37)25-15-11-22(29)12-16-25/h6-17,26H,4-5,18-19H2,1-3H3,(H,31,35). The lowest BCUT2D eigenvalue weighted by Gasteiger charge is -2.33. The van der Waals surface area contributed by atoms with Crippen LogP contribution in [0.1, 0.15) is 31.4 Å². The molecule has 0 radical (unpaired) electrons. The molecular formula is C28H31ClFN3O4S. The molecule has 0 saturated carbocycles. The van der Waals surface area contributed by atoms with E-state index in [-0.39, 0.29) is 17.3 Å². The van der Waals surface area contributed by atoms with E-state index in [1.165, 1.54) is 53.4 Å². The van der Waals surface area contributed by atoms with E-state index in [4.69, 9.17) is 11.6 Å². The van der Waals surface area contributed by atoms with Gasteiger partial charge in [-0.05, 0) is 79.9 Å². The van der Waals surface area contributed by atoms with E-state index < -0.39 is 34.3 Å². The minimum atomic E-state index is -4.18. The number of aryl methyl sites for hydroxylation is 1. The second-order valence-electron chi connectivity index (χ2n) is 8.77. The Balaban J connectivity index is 2.05. The van der Waals surface area contributed by atoms with Crippen molar-refractivity contribution in [1.29, 1.82) is 0 Å². The Labute approximate surface area is 228 Å². The molecule has 1 atom stereocenters. The van der Waals surface area contributed by atoms with Crippen molar-refractivity contribution in [3.8, 4) is 0 Å². The lowest BCUT2D eigenvalue weighted by atomic mass is 10.1. The van der Waals surface area contributed by atoms with Crippen LogP contribution in [0.15, 0.2) is 77.7 Å². The van der Waals surface area contributed by atoms with Gasteiger partial charge in [0.15, 0.2) is 0 Å². The average Bonchev–Trinajstić information content (AvgIpc) is 2.88. The summed E-state index contributed by atoms with van der Waals surface area (Å²) in [6.07, 6.45) is 0.299. The van der Waals surface area contributed by atoms with Gasteiger partial charge in [-0.15, -0.1) is 0 Å². The van der Waals surface area contributed by atoms with Gasteiger partial charge in [0.25, 0.3) is 10.0 Å². The lowest BCUT2D eigenvalue weighted by Crippen LogP contribution is -2.52. The highest BCUT2D eigenvalue weighted by Crippen LogP contribution is 2.26. The summed E-state index contributed by atoms with van der Waals surface area (Å²) in [6, 6.07) is 17.3. The van der Waals surface area contributed by atoms with Gasteiger partial charge in [-0.1, -0.05) is 42.8 Å². The molecule has 2 amide bonds. The Hall–Kier alpha value is -3.43. The fourth-order valence-corrected chi connectivity index (χ4v) is 5.58. The van der Waals surface area contributed by atoms with Gasteiger partial charge < -0.3 is 10.2 Å². The molecule has 3 aromatic carbocycles. The van der Waals surface area contributed by atoms with Crippen LogP contribution >= 0.6 is 11.6 Å². The fourth-order valence-electron chi connectivity index (χ4n) is 4.04. The number of halogens is 2. The fraction of sp³-hybridized carbons (Fsp3) is 0.286. The van der Waals surface area contributed by atoms with Crippen LogP contribution < -0.4 is 9.62 Å². The molecule has 0 heterocycles. The zero-order valence-electron chi connectivity index (χ0n) is 21.5. The summed E-state index contributed by atoms with van der Waals surface area (Å²) in [6.45, 7) is 5.18. The van der Waals surface area contributed by atoms with Gasteiger partial charge >= 0.3 is 0 Å². The van der Waals surface area contributed by atoms with Crippen molar-refractivity contribution in [3.05, 3.63) is 94.8 Å². The van der Waals surface area contributed by atoms with Crippen molar-refractivity contribution in [2.75, 3.05) is 17.4 Å². The Kier molecular flexibility index (Phi) is 9.88. The van der Waals surface area contributed by atoms with Crippen molar-refractivity contribution in [1.82, 2.24) is 10.2 Å². The minimum Gasteiger partial charge on any atom is -0.355 e. The smallest absolute Gasteiger partial charge is 0.264 e. The molecule has 7 nitrogen and oxygen atoms in total. The summed E-state index contributed by atoms with van der Waals surface area (Å²) in [5.74, 6) is -1.36. The maximum Gasteiger partial charge on any atom is 0.264 e. The molecule has 38 heavy (non-hydrogen) atoms. The molecule has 0 spiro atoms. The summed E-state index contributed by atoms with van der Waals surface area (Å²) in [5, 5.41) is 3.12. The van der Waals surface area contributed by atoms with Crippen LogP contribution in [0.5, 0.6) is 0 Å². The highest BCUT2D eigenvalue weighted by molar-refractivity contribution is 7.92. The molecular weight excluding hydrogens is 529 g/mol. The van der Waals surface area contributed by atoms with Crippen molar-refractivity contribution in [2.24, 2.45) is 0 Å².